The van der Waals surface area contributed by atoms with Crippen LogP contribution in [0.25, 0.3) is 0 Å². The summed E-state index contributed by atoms with van der Waals surface area (Å²) < 4.78 is 0. The molecule has 8 heteroatoms. The number of nitro groups is 1. The molecule has 0 atom stereocenters. The van der Waals surface area contributed by atoms with Gasteiger partial charge in [-0.15, -0.1) is 0 Å². The molecule has 0 amide bonds. The first-order valence-electron chi connectivity index (χ1n) is 3.26. The molecule has 0 aliphatic heterocycles. The minimum absolute atomic E-state index is 0.137. The monoisotopic (exact) mass is 471 g/mol. The van der Waals surface area contributed by atoms with E-state index >= 15 is 0 Å². The van der Waals surface area contributed by atoms with Crippen molar-refractivity contribution in [2.24, 2.45) is 0 Å². The first kappa shape index (κ1) is 14.7. The molecule has 0 unspecified atom stereocenters. The maximum atomic E-state index is 10.0. The van der Waals surface area contributed by atoms with Gasteiger partial charge < -0.3 is 0 Å². The number of benzene rings is 1. The Bertz CT molecular complexity index is 284. The van der Waals surface area contributed by atoms with Gasteiger partial charge in [0, 0.05) is 12.1 Å². The molecule has 1 aromatic carbocycles. The first-order chi connectivity index (χ1) is 6.30. The van der Waals surface area contributed by atoms with E-state index in [4.69, 9.17) is 33.3 Å². The van der Waals surface area contributed by atoms with Gasteiger partial charge in [-0.1, -0.05) is 18.2 Å². The summed E-state index contributed by atoms with van der Waals surface area (Å²) in [5.41, 5.74) is 0.137. The van der Waals surface area contributed by atoms with Crippen LogP contribution in [-0.2, 0) is 0 Å². The van der Waals surface area contributed by atoms with Crippen molar-refractivity contribution in [1.29, 1.82) is 0 Å². The normalized spacial score (nSPS) is 10.0. The molecule has 14 heavy (non-hydrogen) atoms. The third kappa shape index (κ3) is 10.8. The second kappa shape index (κ2) is 7.05. The van der Waals surface area contributed by atoms with Crippen LogP contribution in [0.4, 0.5) is 5.69 Å². The zero-order chi connectivity index (χ0) is 11.2. The standard InChI is InChI=1S/C6H5NO2.4ClH.Pb/c8-7(9)6-4-2-1-3-5-6;;;;;/h1-5H;4*1H;/q;;;;;+4/p-4. The molecule has 0 saturated heterocycles. The molecule has 1 aromatic rings. The Labute approximate surface area is 99.6 Å². The van der Waals surface area contributed by atoms with E-state index in [9.17, 15) is 10.1 Å². The van der Waals surface area contributed by atoms with E-state index in [1.54, 1.807) is 18.2 Å². The zero-order valence-corrected chi connectivity index (χ0v) is 13.6. The van der Waals surface area contributed by atoms with Gasteiger partial charge in [-0.25, -0.2) is 0 Å². The number of para-hydroxylation sites is 1. The van der Waals surface area contributed by atoms with Gasteiger partial charge in [-0.3, -0.25) is 10.1 Å². The van der Waals surface area contributed by atoms with Gasteiger partial charge in [-0.2, -0.15) is 0 Å². The van der Waals surface area contributed by atoms with E-state index in [2.05, 4.69) is 0 Å². The van der Waals surface area contributed by atoms with E-state index in [1.165, 1.54) is 12.1 Å². The fourth-order valence-corrected chi connectivity index (χ4v) is 0.550. The van der Waals surface area contributed by atoms with Gasteiger partial charge in [-0.05, 0) is 0 Å². The van der Waals surface area contributed by atoms with Crippen LogP contribution >= 0.6 is 33.3 Å². The summed E-state index contributed by atoms with van der Waals surface area (Å²) in [5.74, 6) is 0. The van der Waals surface area contributed by atoms with Crippen molar-refractivity contribution >= 4 is 55.2 Å². The molecule has 3 nitrogen and oxygen atoms in total. The summed E-state index contributed by atoms with van der Waals surface area (Å²) in [5, 5.41) is 10.0. The number of halogens is 4. The number of hydrogen-bond acceptors (Lipinski definition) is 2. The van der Waals surface area contributed by atoms with E-state index in [0.29, 0.717) is 0 Å². The molecule has 0 fully saturated rings. The quantitative estimate of drug-likeness (QED) is 0.353. The Morgan fingerprint density at radius 3 is 1.64 bits per heavy atom. The number of nitro benzene ring substituents is 1. The fraction of sp³-hybridized carbons (Fsp3) is 0. The molecule has 0 aromatic heterocycles. The third-order valence-electron chi connectivity index (χ3n) is 0.967. The zero-order valence-electron chi connectivity index (χ0n) is 6.66. The van der Waals surface area contributed by atoms with Crippen LogP contribution in [0.5, 0.6) is 0 Å². The van der Waals surface area contributed by atoms with E-state index in [-0.39, 0.29) is 5.69 Å². The van der Waals surface area contributed by atoms with Crippen LogP contribution in [0.3, 0.4) is 0 Å². The third-order valence-corrected chi connectivity index (χ3v) is 0.967. The molecule has 0 radical (unpaired) electrons. The summed E-state index contributed by atoms with van der Waals surface area (Å²) in [6.45, 7) is 0. The number of rotatable bonds is 1. The summed E-state index contributed by atoms with van der Waals surface area (Å²) in [6.07, 6.45) is 0. The first-order valence-corrected chi connectivity index (χ1v) is 22.4. The van der Waals surface area contributed by atoms with Crippen LogP contribution in [0.1, 0.15) is 0 Å². The molecular formula is C6H5Cl4NO2Pb. The second-order valence-corrected chi connectivity index (χ2v) is 35.4. The van der Waals surface area contributed by atoms with Crippen LogP contribution in [-0.4, -0.2) is 21.2 Å². The van der Waals surface area contributed by atoms with Gasteiger partial charge in [0.25, 0.3) is 5.69 Å². The summed E-state index contributed by atoms with van der Waals surface area (Å²) >= 11 is -3.39. The van der Waals surface area contributed by atoms with Crippen molar-refractivity contribution < 1.29 is 4.92 Å². The number of nitrogens with zero attached hydrogens (tertiary/aromatic N) is 1. The maximum absolute atomic E-state index is 10.0. The Hall–Kier alpha value is 0.702. The van der Waals surface area contributed by atoms with Crippen molar-refractivity contribution in [3.63, 3.8) is 0 Å². The van der Waals surface area contributed by atoms with Crippen LogP contribution < -0.4 is 0 Å². The molecule has 78 valence electrons. The molecule has 0 aliphatic carbocycles. The molecular weight excluding hydrogens is 467 g/mol. The average Bonchev–Trinajstić information content (AvgIpc) is 2.03. The molecule has 0 spiro atoms. The van der Waals surface area contributed by atoms with Crippen molar-refractivity contribution in [2.45, 2.75) is 0 Å². The molecule has 1 rings (SSSR count). The van der Waals surface area contributed by atoms with E-state index in [0.717, 1.165) is 0 Å². The van der Waals surface area contributed by atoms with Gasteiger partial charge in [0.15, 0.2) is 0 Å². The molecule has 0 N–H and O–H groups in total. The SMILES string of the molecule is O=[N+]([O-])c1ccccc1.[Cl][Pb]([Cl])([Cl])[Cl]. The summed E-state index contributed by atoms with van der Waals surface area (Å²) in [6, 6.07) is 7.93. The predicted molar refractivity (Wildman–Crippen MR) is 62.3 cm³/mol. The Morgan fingerprint density at radius 2 is 1.43 bits per heavy atom. The molecule has 0 bridgehead atoms. The van der Waals surface area contributed by atoms with Gasteiger partial charge >= 0.3 is 49.5 Å². The van der Waals surface area contributed by atoms with Gasteiger partial charge in [0.2, 0.25) is 0 Å². The van der Waals surface area contributed by atoms with Crippen molar-refractivity contribution in [1.82, 2.24) is 0 Å². The summed E-state index contributed by atoms with van der Waals surface area (Å²) in [7, 11) is 20.2. The van der Waals surface area contributed by atoms with Crippen LogP contribution in [0, 0.1) is 10.1 Å². The summed E-state index contributed by atoms with van der Waals surface area (Å²) in [4.78, 5) is 9.59. The van der Waals surface area contributed by atoms with Crippen molar-refractivity contribution in [2.75, 3.05) is 0 Å². The fourth-order valence-electron chi connectivity index (χ4n) is 0.550. The van der Waals surface area contributed by atoms with Crippen LogP contribution in [0.15, 0.2) is 30.3 Å². The Morgan fingerprint density at radius 1 is 1.07 bits per heavy atom. The van der Waals surface area contributed by atoms with Gasteiger partial charge in [0.05, 0.1) is 4.92 Å². The molecule has 0 aliphatic rings. The molecule has 0 saturated carbocycles. The number of non-ortho nitro benzene ring substituents is 1. The Balaban J connectivity index is 0.000000292. The van der Waals surface area contributed by atoms with Gasteiger partial charge in [0.1, 0.15) is 0 Å². The minimum atomic E-state index is -3.39. The average molecular weight is 472 g/mol. The van der Waals surface area contributed by atoms with Crippen molar-refractivity contribution in [3.05, 3.63) is 40.4 Å². The second-order valence-electron chi connectivity index (χ2n) is 2.02. The van der Waals surface area contributed by atoms with Crippen LogP contribution in [0.2, 0.25) is 0 Å². The Kier molecular flexibility index (Phi) is 7.41. The number of hydrogen-bond donors (Lipinski definition) is 0. The van der Waals surface area contributed by atoms with Crippen molar-refractivity contribution in [3.8, 4) is 0 Å². The predicted octanol–water partition coefficient (Wildman–Crippen LogP) is 3.97. The van der Waals surface area contributed by atoms with E-state index in [1.807, 2.05) is 0 Å². The topological polar surface area (TPSA) is 43.1 Å². The van der Waals surface area contributed by atoms with E-state index < -0.39 is 21.2 Å². The molecule has 0 heterocycles.